The Kier molecular flexibility index (Phi) is 3.87. The fourth-order valence-corrected chi connectivity index (χ4v) is 3.20. The van der Waals surface area contributed by atoms with Crippen molar-refractivity contribution in [1.82, 2.24) is 19.9 Å². The number of fused-ring (bicyclic) bond motifs is 1. The Morgan fingerprint density at radius 2 is 2.32 bits per heavy atom. The van der Waals surface area contributed by atoms with Crippen molar-refractivity contribution in [3.8, 4) is 0 Å². The fourth-order valence-electron chi connectivity index (χ4n) is 3.20. The molecule has 1 saturated heterocycles. The Bertz CT molecular complexity index is 677. The van der Waals surface area contributed by atoms with Gasteiger partial charge in [-0.05, 0) is 18.4 Å². The molecule has 3 heterocycles. The maximum Gasteiger partial charge on any atom is 0.191 e. The van der Waals surface area contributed by atoms with Crippen LogP contribution in [0.5, 0.6) is 0 Å². The molecule has 3 N–H and O–H groups in total. The van der Waals surface area contributed by atoms with Gasteiger partial charge >= 0.3 is 0 Å². The van der Waals surface area contributed by atoms with Crippen LogP contribution in [0.15, 0.2) is 23.6 Å². The van der Waals surface area contributed by atoms with Gasteiger partial charge in [0, 0.05) is 33.4 Å². The lowest BCUT2D eigenvalue weighted by Gasteiger charge is -2.42. The molecule has 1 fully saturated rings. The van der Waals surface area contributed by atoms with Crippen LogP contribution in [0.4, 0.5) is 5.82 Å². The van der Waals surface area contributed by atoms with Crippen molar-refractivity contribution in [1.29, 1.82) is 0 Å². The molecule has 7 heteroatoms. The van der Waals surface area contributed by atoms with Crippen molar-refractivity contribution < 1.29 is 0 Å². The predicted octanol–water partition coefficient (Wildman–Crippen LogP) is 1.05. The SMILES string of the molecule is CN=C(N)N1CC[C@@H](C)[C@@H](N(C)c2ncnc3[nH]ccc23)C1. The first-order valence-electron chi connectivity index (χ1n) is 7.60. The quantitative estimate of drug-likeness (QED) is 0.639. The largest absolute Gasteiger partial charge is 0.370 e. The number of aliphatic imine (C=N–C) groups is 1. The second-order valence-electron chi connectivity index (χ2n) is 5.91. The number of nitrogens with zero attached hydrogens (tertiary/aromatic N) is 5. The van der Waals surface area contributed by atoms with Crippen LogP contribution in [-0.4, -0.2) is 59.0 Å². The zero-order chi connectivity index (χ0) is 15.7. The van der Waals surface area contributed by atoms with E-state index in [1.807, 2.05) is 12.3 Å². The third-order valence-corrected chi connectivity index (χ3v) is 4.64. The van der Waals surface area contributed by atoms with Crippen LogP contribution in [0, 0.1) is 5.92 Å². The maximum atomic E-state index is 5.99. The number of hydrogen-bond acceptors (Lipinski definition) is 4. The molecule has 0 aliphatic carbocycles. The molecule has 0 aromatic carbocycles. The Balaban J connectivity index is 1.89. The lowest BCUT2D eigenvalue weighted by atomic mass is 9.92. The van der Waals surface area contributed by atoms with Gasteiger partial charge in [-0.25, -0.2) is 9.97 Å². The van der Waals surface area contributed by atoms with E-state index in [0.29, 0.717) is 17.9 Å². The summed E-state index contributed by atoms with van der Waals surface area (Å²) in [6.45, 7) is 4.10. The first kappa shape index (κ1) is 14.6. The van der Waals surface area contributed by atoms with Crippen LogP contribution in [0.25, 0.3) is 11.0 Å². The lowest BCUT2D eigenvalue weighted by Crippen LogP contribution is -2.54. The lowest BCUT2D eigenvalue weighted by molar-refractivity contribution is 0.237. The standard InChI is InChI=1S/C15H23N7/c1-10-5-7-22(15(16)17-2)8-12(10)21(3)14-11-4-6-18-13(11)19-9-20-14/h4,6,9-10,12H,5,7-8H2,1-3H3,(H2,16,17)(H,18,19,20)/t10-,12+/m1/s1. The fraction of sp³-hybridized carbons (Fsp3) is 0.533. The Morgan fingerprint density at radius 1 is 1.50 bits per heavy atom. The minimum Gasteiger partial charge on any atom is -0.370 e. The Morgan fingerprint density at radius 3 is 3.09 bits per heavy atom. The van der Waals surface area contributed by atoms with Gasteiger partial charge < -0.3 is 20.5 Å². The minimum absolute atomic E-state index is 0.335. The van der Waals surface area contributed by atoms with Crippen LogP contribution in [0.3, 0.4) is 0 Å². The van der Waals surface area contributed by atoms with E-state index in [-0.39, 0.29) is 0 Å². The molecule has 0 bridgehead atoms. The van der Waals surface area contributed by atoms with E-state index in [0.717, 1.165) is 36.4 Å². The number of hydrogen-bond donors (Lipinski definition) is 2. The van der Waals surface area contributed by atoms with E-state index in [2.05, 4.69) is 43.7 Å². The van der Waals surface area contributed by atoms with Crippen molar-refractivity contribution in [2.24, 2.45) is 16.6 Å². The molecule has 2 atom stereocenters. The summed E-state index contributed by atoms with van der Waals surface area (Å²) in [7, 11) is 3.83. The van der Waals surface area contributed by atoms with E-state index in [1.54, 1.807) is 13.4 Å². The van der Waals surface area contributed by atoms with Crippen LogP contribution in [0.2, 0.25) is 0 Å². The van der Waals surface area contributed by atoms with E-state index in [9.17, 15) is 0 Å². The van der Waals surface area contributed by atoms with Gasteiger partial charge in [0.15, 0.2) is 5.96 Å². The van der Waals surface area contributed by atoms with Gasteiger partial charge in [0.1, 0.15) is 17.8 Å². The van der Waals surface area contributed by atoms with Crippen molar-refractivity contribution in [3.63, 3.8) is 0 Å². The highest BCUT2D eigenvalue weighted by atomic mass is 15.3. The van der Waals surface area contributed by atoms with Crippen LogP contribution in [-0.2, 0) is 0 Å². The first-order valence-corrected chi connectivity index (χ1v) is 7.60. The summed E-state index contributed by atoms with van der Waals surface area (Å²) in [6, 6.07) is 2.36. The van der Waals surface area contributed by atoms with E-state index < -0.39 is 0 Å². The van der Waals surface area contributed by atoms with E-state index in [1.165, 1.54) is 0 Å². The summed E-state index contributed by atoms with van der Waals surface area (Å²) in [4.78, 5) is 20.4. The van der Waals surface area contributed by atoms with Crippen molar-refractivity contribution in [3.05, 3.63) is 18.6 Å². The van der Waals surface area contributed by atoms with Crippen molar-refractivity contribution in [2.45, 2.75) is 19.4 Å². The molecule has 2 aromatic rings. The average molecular weight is 301 g/mol. The van der Waals surface area contributed by atoms with Gasteiger partial charge in [0.25, 0.3) is 0 Å². The molecule has 22 heavy (non-hydrogen) atoms. The third kappa shape index (κ3) is 2.47. The summed E-state index contributed by atoms with van der Waals surface area (Å²) in [6.07, 6.45) is 4.60. The Hall–Kier alpha value is -2.31. The molecule has 0 radical (unpaired) electrons. The van der Waals surface area contributed by atoms with Crippen molar-refractivity contribution >= 4 is 22.8 Å². The molecule has 118 valence electrons. The third-order valence-electron chi connectivity index (χ3n) is 4.64. The smallest absolute Gasteiger partial charge is 0.191 e. The van der Waals surface area contributed by atoms with Gasteiger partial charge in [-0.1, -0.05) is 6.92 Å². The van der Waals surface area contributed by atoms with E-state index >= 15 is 0 Å². The monoisotopic (exact) mass is 301 g/mol. The highest BCUT2D eigenvalue weighted by molar-refractivity contribution is 5.87. The predicted molar refractivity (Wildman–Crippen MR) is 89.0 cm³/mol. The normalized spacial score (nSPS) is 23.0. The van der Waals surface area contributed by atoms with Gasteiger partial charge in [0.2, 0.25) is 0 Å². The second kappa shape index (κ2) is 5.82. The van der Waals surface area contributed by atoms with Crippen LogP contribution < -0.4 is 10.6 Å². The second-order valence-corrected chi connectivity index (χ2v) is 5.91. The molecule has 3 rings (SSSR count). The molecule has 1 aliphatic rings. The van der Waals surface area contributed by atoms with Gasteiger partial charge in [-0.2, -0.15) is 0 Å². The molecule has 0 spiro atoms. The van der Waals surface area contributed by atoms with Gasteiger partial charge in [0.05, 0.1) is 11.4 Å². The summed E-state index contributed by atoms with van der Waals surface area (Å²) in [5.41, 5.74) is 6.86. The molecule has 0 saturated carbocycles. The van der Waals surface area contributed by atoms with Crippen molar-refractivity contribution in [2.75, 3.05) is 32.1 Å². The molecule has 2 aromatic heterocycles. The number of H-pyrrole nitrogens is 1. The average Bonchev–Trinajstić information content (AvgIpc) is 3.02. The summed E-state index contributed by atoms with van der Waals surface area (Å²) >= 11 is 0. The first-order chi connectivity index (χ1) is 10.6. The number of nitrogens with one attached hydrogen (secondary N) is 1. The van der Waals surface area contributed by atoms with Crippen LogP contribution in [0.1, 0.15) is 13.3 Å². The molecular weight excluding hydrogens is 278 g/mol. The molecule has 1 aliphatic heterocycles. The minimum atomic E-state index is 0.335. The topological polar surface area (TPSA) is 86.4 Å². The van der Waals surface area contributed by atoms with Gasteiger partial charge in [-0.3, -0.25) is 4.99 Å². The molecule has 0 amide bonds. The number of likely N-dealkylation sites (N-methyl/N-ethyl adjacent to an activating group) is 1. The number of nitrogens with two attached hydrogens (primary N) is 1. The Labute approximate surface area is 130 Å². The summed E-state index contributed by atoms with van der Waals surface area (Å²) in [5, 5.41) is 1.05. The number of guanidine groups is 1. The van der Waals surface area contributed by atoms with Crippen LogP contribution >= 0.6 is 0 Å². The van der Waals surface area contributed by atoms with E-state index in [4.69, 9.17) is 5.73 Å². The molecule has 0 unspecified atom stereocenters. The zero-order valence-electron chi connectivity index (χ0n) is 13.3. The summed E-state index contributed by atoms with van der Waals surface area (Å²) < 4.78 is 0. The maximum absolute atomic E-state index is 5.99. The molecule has 7 nitrogen and oxygen atoms in total. The number of aromatic nitrogens is 3. The summed E-state index contributed by atoms with van der Waals surface area (Å²) in [5.74, 6) is 2.13. The number of aromatic amines is 1. The number of rotatable bonds is 2. The zero-order valence-corrected chi connectivity index (χ0v) is 13.3. The number of anilines is 1. The highest BCUT2D eigenvalue weighted by Gasteiger charge is 2.31. The molecular formula is C15H23N7. The number of piperidine rings is 1. The van der Waals surface area contributed by atoms with Gasteiger partial charge in [-0.15, -0.1) is 0 Å². The number of likely N-dealkylation sites (tertiary alicyclic amines) is 1. The highest BCUT2D eigenvalue weighted by Crippen LogP contribution is 2.28.